The number of benzene rings is 1. The molecule has 0 N–H and O–H groups in total. The Morgan fingerprint density at radius 2 is 1.82 bits per heavy atom. The highest BCUT2D eigenvalue weighted by atomic mass is 16.2. The number of piperidine rings is 1. The molecule has 0 aliphatic carbocycles. The minimum atomic E-state index is 0.237. The van der Waals surface area contributed by atoms with Crippen LogP contribution >= 0.6 is 0 Å². The van der Waals surface area contributed by atoms with Gasteiger partial charge in [-0.3, -0.25) is 9.69 Å². The van der Waals surface area contributed by atoms with Crippen LogP contribution in [-0.2, 0) is 4.79 Å². The van der Waals surface area contributed by atoms with Crippen molar-refractivity contribution < 1.29 is 4.79 Å². The van der Waals surface area contributed by atoms with Crippen LogP contribution in [-0.4, -0.2) is 73.0 Å². The van der Waals surface area contributed by atoms with Crippen LogP contribution in [0, 0.1) is 5.41 Å². The Hall–Kier alpha value is -1.39. The molecule has 2 aliphatic heterocycles. The quantitative estimate of drug-likeness (QED) is 0.771. The molecule has 2 aliphatic rings. The molecular formula is C24H39N3O. The van der Waals surface area contributed by atoms with Gasteiger partial charge in [-0.05, 0) is 50.9 Å². The Morgan fingerprint density at radius 1 is 1.11 bits per heavy atom. The molecule has 0 saturated carbocycles. The lowest BCUT2D eigenvalue weighted by Gasteiger charge is -2.51. The molecule has 4 heteroatoms. The van der Waals surface area contributed by atoms with E-state index in [-0.39, 0.29) is 11.3 Å². The zero-order valence-electron chi connectivity index (χ0n) is 18.5. The lowest BCUT2D eigenvalue weighted by Crippen LogP contribution is -2.60. The van der Waals surface area contributed by atoms with Crippen molar-refractivity contribution in [3.8, 4) is 0 Å². The van der Waals surface area contributed by atoms with E-state index in [0.717, 1.165) is 39.0 Å². The molecule has 1 aromatic carbocycles. The number of hydrogen-bond acceptors (Lipinski definition) is 3. The van der Waals surface area contributed by atoms with E-state index in [1.807, 2.05) is 0 Å². The zero-order valence-corrected chi connectivity index (χ0v) is 18.5. The Bertz CT molecular complexity index is 643. The number of hydrogen-bond donors (Lipinski definition) is 0. The Balaban J connectivity index is 1.90. The van der Waals surface area contributed by atoms with E-state index in [2.05, 4.69) is 73.0 Å². The van der Waals surface area contributed by atoms with Crippen molar-refractivity contribution in [1.29, 1.82) is 0 Å². The first kappa shape index (κ1) is 21.3. The number of carbonyl (C=O) groups is 1. The average molecular weight is 386 g/mol. The van der Waals surface area contributed by atoms with Gasteiger partial charge in [0.15, 0.2) is 0 Å². The third-order valence-electron chi connectivity index (χ3n) is 6.52. The maximum Gasteiger partial charge on any atom is 0.219 e. The van der Waals surface area contributed by atoms with Crippen LogP contribution in [0.4, 0.5) is 0 Å². The van der Waals surface area contributed by atoms with Gasteiger partial charge in [-0.1, -0.05) is 50.6 Å². The van der Waals surface area contributed by atoms with Crippen molar-refractivity contribution in [2.24, 2.45) is 5.41 Å². The summed E-state index contributed by atoms with van der Waals surface area (Å²) in [4.78, 5) is 19.8. The van der Waals surface area contributed by atoms with E-state index in [9.17, 15) is 4.79 Å². The zero-order chi connectivity index (χ0) is 20.3. The van der Waals surface area contributed by atoms with Crippen molar-refractivity contribution in [2.75, 3.05) is 40.3 Å². The van der Waals surface area contributed by atoms with Gasteiger partial charge in [0.25, 0.3) is 0 Å². The molecule has 4 nitrogen and oxygen atoms in total. The van der Waals surface area contributed by atoms with Crippen LogP contribution in [0.3, 0.4) is 0 Å². The first-order valence-electron chi connectivity index (χ1n) is 11.0. The number of fused-ring (bicyclic) bond motifs is 1. The number of nitrogens with zero attached hydrogens (tertiary/aromatic N) is 3. The minimum absolute atomic E-state index is 0.237. The molecule has 28 heavy (non-hydrogen) atoms. The van der Waals surface area contributed by atoms with Gasteiger partial charge in [-0.2, -0.15) is 0 Å². The molecular weight excluding hydrogens is 346 g/mol. The van der Waals surface area contributed by atoms with E-state index in [0.29, 0.717) is 18.0 Å². The fourth-order valence-electron chi connectivity index (χ4n) is 5.77. The number of likely N-dealkylation sites (tertiary alicyclic amines) is 2. The predicted molar refractivity (Wildman–Crippen MR) is 117 cm³/mol. The summed E-state index contributed by atoms with van der Waals surface area (Å²) >= 11 is 0. The lowest BCUT2D eigenvalue weighted by molar-refractivity contribution is -0.134. The van der Waals surface area contributed by atoms with Gasteiger partial charge in [-0.15, -0.1) is 0 Å². The molecule has 1 aromatic rings. The van der Waals surface area contributed by atoms with Crippen LogP contribution in [0.25, 0.3) is 0 Å². The largest absolute Gasteiger partial charge is 0.338 e. The smallest absolute Gasteiger partial charge is 0.219 e. The highest BCUT2D eigenvalue weighted by molar-refractivity contribution is 5.74. The van der Waals surface area contributed by atoms with Crippen molar-refractivity contribution in [3.63, 3.8) is 0 Å². The first-order chi connectivity index (χ1) is 13.3. The highest BCUT2D eigenvalue weighted by Crippen LogP contribution is 2.40. The molecule has 0 radical (unpaired) electrons. The van der Waals surface area contributed by atoms with E-state index >= 15 is 0 Å². The SMILES string of the molecule is CC(=O)N1CCCC[C@@H]2[C@H]1[C@@H](c1ccccc1)CCN2CC(C)(C)CN(C)C. The Kier molecular flexibility index (Phi) is 6.82. The standard InChI is InChI=1S/C24H39N3O/c1-19(28)27-15-10-9-13-22-23(27)21(20-11-7-6-8-12-20)14-16-26(22)18-24(2,3)17-25(4)5/h6-8,11-12,21-23H,9-10,13-18H2,1-5H3/t21-,22-,23-/m1/s1. The maximum absolute atomic E-state index is 12.6. The average Bonchev–Trinajstić information content (AvgIpc) is 2.85. The monoisotopic (exact) mass is 385 g/mol. The van der Waals surface area contributed by atoms with E-state index in [1.165, 1.54) is 18.4 Å². The summed E-state index contributed by atoms with van der Waals surface area (Å²) in [6.07, 6.45) is 4.68. The fourth-order valence-corrected chi connectivity index (χ4v) is 5.77. The number of rotatable bonds is 5. The first-order valence-corrected chi connectivity index (χ1v) is 11.0. The summed E-state index contributed by atoms with van der Waals surface area (Å²) in [5, 5.41) is 0. The lowest BCUT2D eigenvalue weighted by atomic mass is 9.77. The molecule has 3 rings (SSSR count). The van der Waals surface area contributed by atoms with Gasteiger partial charge >= 0.3 is 0 Å². The maximum atomic E-state index is 12.6. The van der Waals surface area contributed by atoms with E-state index in [4.69, 9.17) is 0 Å². The third-order valence-corrected chi connectivity index (χ3v) is 6.52. The van der Waals surface area contributed by atoms with Gasteiger partial charge in [-0.25, -0.2) is 0 Å². The summed E-state index contributed by atoms with van der Waals surface area (Å²) < 4.78 is 0. The molecule has 0 bridgehead atoms. The topological polar surface area (TPSA) is 26.8 Å². The van der Waals surface area contributed by atoms with Gasteiger partial charge < -0.3 is 9.80 Å². The third kappa shape index (κ3) is 4.96. The molecule has 0 spiro atoms. The van der Waals surface area contributed by atoms with Crippen LogP contribution in [0.2, 0.25) is 0 Å². The normalized spacial score (nSPS) is 26.8. The van der Waals surface area contributed by atoms with Crippen LogP contribution in [0.15, 0.2) is 30.3 Å². The molecule has 0 aromatic heterocycles. The Morgan fingerprint density at radius 3 is 2.46 bits per heavy atom. The second-order valence-corrected chi connectivity index (χ2v) is 9.94. The van der Waals surface area contributed by atoms with Crippen molar-refractivity contribution >= 4 is 5.91 Å². The fraction of sp³-hybridized carbons (Fsp3) is 0.708. The van der Waals surface area contributed by atoms with Crippen LogP contribution in [0.1, 0.15) is 57.9 Å². The van der Waals surface area contributed by atoms with Crippen LogP contribution < -0.4 is 0 Å². The summed E-state index contributed by atoms with van der Waals surface area (Å²) in [6, 6.07) is 11.7. The van der Waals surface area contributed by atoms with Gasteiger partial charge in [0.05, 0.1) is 6.04 Å². The highest BCUT2D eigenvalue weighted by Gasteiger charge is 2.44. The second kappa shape index (κ2) is 8.96. The summed E-state index contributed by atoms with van der Waals surface area (Å²) in [5.41, 5.74) is 1.64. The summed E-state index contributed by atoms with van der Waals surface area (Å²) in [5.74, 6) is 0.689. The van der Waals surface area contributed by atoms with Crippen LogP contribution in [0.5, 0.6) is 0 Å². The molecule has 0 unspecified atom stereocenters. The van der Waals surface area contributed by atoms with E-state index in [1.54, 1.807) is 6.92 Å². The molecule has 156 valence electrons. The summed E-state index contributed by atoms with van der Waals surface area (Å²) in [7, 11) is 4.32. The molecule has 2 saturated heterocycles. The number of carbonyl (C=O) groups excluding carboxylic acids is 1. The van der Waals surface area contributed by atoms with Crippen molar-refractivity contribution in [1.82, 2.24) is 14.7 Å². The molecule has 2 heterocycles. The van der Waals surface area contributed by atoms with Crippen molar-refractivity contribution in [2.45, 2.75) is 64.5 Å². The van der Waals surface area contributed by atoms with Crippen molar-refractivity contribution in [3.05, 3.63) is 35.9 Å². The van der Waals surface area contributed by atoms with E-state index < -0.39 is 0 Å². The van der Waals surface area contributed by atoms with Gasteiger partial charge in [0, 0.05) is 38.5 Å². The van der Waals surface area contributed by atoms with Gasteiger partial charge in [0.1, 0.15) is 0 Å². The molecule has 2 fully saturated rings. The summed E-state index contributed by atoms with van der Waals surface area (Å²) in [6.45, 7) is 10.7. The minimum Gasteiger partial charge on any atom is -0.338 e. The molecule has 3 atom stereocenters. The molecule has 1 amide bonds. The second-order valence-electron chi connectivity index (χ2n) is 9.94. The number of amides is 1. The van der Waals surface area contributed by atoms with Gasteiger partial charge in [0.2, 0.25) is 5.91 Å². The predicted octanol–water partition coefficient (Wildman–Crippen LogP) is 3.83. The Labute approximate surface area is 171 Å².